The Balaban J connectivity index is 2.19. The molecule has 0 unspecified atom stereocenters. The zero-order chi connectivity index (χ0) is 14.8. The molecule has 0 aliphatic rings. The number of urea groups is 1. The Morgan fingerprint density at radius 2 is 1.95 bits per heavy atom. The number of carbonyl (C=O) groups excluding carboxylic acids is 1. The highest BCUT2D eigenvalue weighted by molar-refractivity contribution is 5.90. The van der Waals surface area contributed by atoms with Gasteiger partial charge in [0.2, 0.25) is 0 Å². The summed E-state index contributed by atoms with van der Waals surface area (Å²) in [5.41, 5.74) is 3.06. The van der Waals surface area contributed by atoms with Gasteiger partial charge in [-0.15, -0.1) is 0 Å². The van der Waals surface area contributed by atoms with Gasteiger partial charge in [-0.1, -0.05) is 25.5 Å². The number of carbonyl (C=O) groups is 1. The molecule has 0 heterocycles. The first-order valence-electron chi connectivity index (χ1n) is 7.33. The number of anilines is 1. The van der Waals surface area contributed by atoms with E-state index in [-0.39, 0.29) is 6.03 Å². The minimum atomic E-state index is -0.160. The van der Waals surface area contributed by atoms with E-state index in [1.165, 1.54) is 0 Å². The fourth-order valence-corrected chi connectivity index (χ4v) is 1.76. The van der Waals surface area contributed by atoms with E-state index in [4.69, 9.17) is 4.74 Å². The van der Waals surface area contributed by atoms with Gasteiger partial charge in [0.1, 0.15) is 0 Å². The van der Waals surface area contributed by atoms with Crippen LogP contribution in [0.25, 0.3) is 0 Å². The Labute approximate surface area is 121 Å². The first-order valence-corrected chi connectivity index (χ1v) is 7.33. The first kappa shape index (κ1) is 16.5. The van der Waals surface area contributed by atoms with Crippen molar-refractivity contribution in [1.82, 2.24) is 5.32 Å². The van der Waals surface area contributed by atoms with Crippen LogP contribution in [0, 0.1) is 13.8 Å². The third-order valence-electron chi connectivity index (χ3n) is 3.03. The lowest BCUT2D eigenvalue weighted by atomic mass is 10.1. The molecule has 0 bridgehead atoms. The molecular formula is C16H26N2O2. The molecule has 112 valence electrons. The molecule has 0 aliphatic carbocycles. The van der Waals surface area contributed by atoms with Crippen molar-refractivity contribution < 1.29 is 9.53 Å². The van der Waals surface area contributed by atoms with E-state index in [1.807, 2.05) is 32.0 Å². The Morgan fingerprint density at radius 3 is 2.70 bits per heavy atom. The van der Waals surface area contributed by atoms with Crippen LogP contribution in [0.5, 0.6) is 0 Å². The van der Waals surface area contributed by atoms with Crippen LogP contribution >= 0.6 is 0 Å². The normalized spacial score (nSPS) is 10.3. The van der Waals surface area contributed by atoms with Crippen molar-refractivity contribution in [1.29, 1.82) is 0 Å². The number of rotatable bonds is 8. The second-order valence-electron chi connectivity index (χ2n) is 5.02. The molecule has 20 heavy (non-hydrogen) atoms. The number of nitrogens with one attached hydrogen (secondary N) is 2. The summed E-state index contributed by atoms with van der Waals surface area (Å²) in [5, 5.41) is 5.71. The predicted octanol–water partition coefficient (Wildman–Crippen LogP) is 3.63. The Hall–Kier alpha value is -1.55. The number of hydrogen-bond donors (Lipinski definition) is 2. The fourth-order valence-electron chi connectivity index (χ4n) is 1.76. The van der Waals surface area contributed by atoms with Gasteiger partial charge in [0.05, 0.1) is 0 Å². The van der Waals surface area contributed by atoms with Crippen molar-refractivity contribution in [2.24, 2.45) is 0 Å². The monoisotopic (exact) mass is 278 g/mol. The third kappa shape index (κ3) is 6.57. The number of amides is 2. The lowest BCUT2D eigenvalue weighted by molar-refractivity contribution is 0.129. The zero-order valence-corrected chi connectivity index (χ0v) is 12.8. The van der Waals surface area contributed by atoms with Gasteiger partial charge in [0.15, 0.2) is 0 Å². The maximum Gasteiger partial charge on any atom is 0.319 e. The second-order valence-corrected chi connectivity index (χ2v) is 5.02. The smallest absolute Gasteiger partial charge is 0.319 e. The highest BCUT2D eigenvalue weighted by Gasteiger charge is 2.03. The van der Waals surface area contributed by atoms with Crippen molar-refractivity contribution in [2.75, 3.05) is 25.1 Å². The lowest BCUT2D eigenvalue weighted by Crippen LogP contribution is -2.30. The molecule has 0 saturated heterocycles. The molecule has 0 aromatic heterocycles. The van der Waals surface area contributed by atoms with E-state index in [0.717, 1.165) is 42.7 Å². The van der Waals surface area contributed by atoms with E-state index in [9.17, 15) is 4.79 Å². The molecule has 2 amide bonds. The van der Waals surface area contributed by atoms with Gasteiger partial charge >= 0.3 is 6.03 Å². The molecule has 1 aromatic carbocycles. The molecule has 0 atom stereocenters. The van der Waals surface area contributed by atoms with Gasteiger partial charge < -0.3 is 15.4 Å². The maximum atomic E-state index is 11.7. The van der Waals surface area contributed by atoms with Gasteiger partial charge in [-0.3, -0.25) is 0 Å². The van der Waals surface area contributed by atoms with Crippen LogP contribution in [0.15, 0.2) is 18.2 Å². The number of hydrogen-bond acceptors (Lipinski definition) is 2. The molecule has 0 spiro atoms. The summed E-state index contributed by atoms with van der Waals surface area (Å²) in [4.78, 5) is 11.7. The SMILES string of the molecule is CCCCOCCCNC(=O)Nc1cc(C)ccc1C. The summed E-state index contributed by atoms with van der Waals surface area (Å²) in [6.45, 7) is 8.27. The summed E-state index contributed by atoms with van der Waals surface area (Å²) in [6.07, 6.45) is 3.08. The molecule has 0 saturated carbocycles. The summed E-state index contributed by atoms with van der Waals surface area (Å²) >= 11 is 0. The van der Waals surface area contributed by atoms with Crippen LogP contribution in [-0.2, 0) is 4.74 Å². The predicted molar refractivity (Wildman–Crippen MR) is 83.3 cm³/mol. The molecule has 1 rings (SSSR count). The van der Waals surface area contributed by atoms with Crippen LogP contribution in [0.2, 0.25) is 0 Å². The Kier molecular flexibility index (Phi) is 7.73. The molecule has 0 radical (unpaired) electrons. The van der Waals surface area contributed by atoms with E-state index >= 15 is 0 Å². The van der Waals surface area contributed by atoms with E-state index in [1.54, 1.807) is 0 Å². The highest BCUT2D eigenvalue weighted by Crippen LogP contribution is 2.15. The van der Waals surface area contributed by atoms with E-state index < -0.39 is 0 Å². The van der Waals surface area contributed by atoms with Gasteiger partial charge in [-0.2, -0.15) is 0 Å². The molecule has 1 aromatic rings. The minimum absolute atomic E-state index is 0.160. The average Bonchev–Trinajstić information content (AvgIpc) is 2.42. The van der Waals surface area contributed by atoms with E-state index in [2.05, 4.69) is 17.6 Å². The second kappa shape index (κ2) is 9.37. The zero-order valence-electron chi connectivity index (χ0n) is 12.8. The number of aryl methyl sites for hydroxylation is 2. The lowest BCUT2D eigenvalue weighted by Gasteiger charge is -2.10. The molecule has 4 heteroatoms. The Morgan fingerprint density at radius 1 is 1.20 bits per heavy atom. The molecule has 0 fully saturated rings. The summed E-state index contributed by atoms with van der Waals surface area (Å²) < 4.78 is 5.44. The summed E-state index contributed by atoms with van der Waals surface area (Å²) in [6, 6.07) is 5.86. The summed E-state index contributed by atoms with van der Waals surface area (Å²) in [5.74, 6) is 0. The van der Waals surface area contributed by atoms with Crippen molar-refractivity contribution in [2.45, 2.75) is 40.0 Å². The van der Waals surface area contributed by atoms with Gasteiger partial charge in [0.25, 0.3) is 0 Å². The topological polar surface area (TPSA) is 50.4 Å². The van der Waals surface area contributed by atoms with Crippen LogP contribution in [-0.4, -0.2) is 25.8 Å². The van der Waals surface area contributed by atoms with Crippen molar-refractivity contribution in [3.63, 3.8) is 0 Å². The standard InChI is InChI=1S/C16H26N2O2/c1-4-5-10-20-11-6-9-17-16(19)18-15-12-13(2)7-8-14(15)3/h7-8,12H,4-6,9-11H2,1-3H3,(H2,17,18,19). The van der Waals surface area contributed by atoms with Gasteiger partial charge in [0, 0.05) is 25.4 Å². The van der Waals surface area contributed by atoms with Gasteiger partial charge in [-0.25, -0.2) is 4.79 Å². The van der Waals surface area contributed by atoms with Crippen molar-refractivity contribution in [3.05, 3.63) is 29.3 Å². The number of benzene rings is 1. The van der Waals surface area contributed by atoms with Crippen molar-refractivity contribution >= 4 is 11.7 Å². The van der Waals surface area contributed by atoms with Crippen LogP contribution in [0.3, 0.4) is 0 Å². The van der Waals surface area contributed by atoms with E-state index in [0.29, 0.717) is 13.2 Å². The average molecular weight is 278 g/mol. The largest absolute Gasteiger partial charge is 0.381 e. The maximum absolute atomic E-state index is 11.7. The first-order chi connectivity index (χ1) is 9.63. The Bertz CT molecular complexity index is 419. The number of ether oxygens (including phenoxy) is 1. The third-order valence-corrected chi connectivity index (χ3v) is 3.03. The highest BCUT2D eigenvalue weighted by atomic mass is 16.5. The van der Waals surface area contributed by atoms with Gasteiger partial charge in [-0.05, 0) is 43.9 Å². The van der Waals surface area contributed by atoms with Crippen LogP contribution < -0.4 is 10.6 Å². The number of unbranched alkanes of at least 4 members (excludes halogenated alkanes) is 1. The molecular weight excluding hydrogens is 252 g/mol. The molecule has 0 aliphatic heterocycles. The van der Waals surface area contributed by atoms with Crippen LogP contribution in [0.1, 0.15) is 37.3 Å². The quantitative estimate of drug-likeness (QED) is 0.713. The molecule has 4 nitrogen and oxygen atoms in total. The van der Waals surface area contributed by atoms with Crippen molar-refractivity contribution in [3.8, 4) is 0 Å². The molecule has 2 N–H and O–H groups in total. The summed E-state index contributed by atoms with van der Waals surface area (Å²) in [7, 11) is 0. The minimum Gasteiger partial charge on any atom is -0.381 e. The fraction of sp³-hybridized carbons (Fsp3) is 0.562. The van der Waals surface area contributed by atoms with Crippen LogP contribution in [0.4, 0.5) is 10.5 Å².